The van der Waals surface area contributed by atoms with Crippen molar-refractivity contribution in [2.45, 2.75) is 13.3 Å². The zero-order valence-electron chi connectivity index (χ0n) is 10.4. The number of alkyl halides is 1. The molecule has 0 bridgehead atoms. The van der Waals surface area contributed by atoms with E-state index in [2.05, 4.69) is 20.7 Å². The Kier molecular flexibility index (Phi) is 6.27. The predicted molar refractivity (Wildman–Crippen MR) is 72.7 cm³/mol. The van der Waals surface area contributed by atoms with E-state index in [0.29, 0.717) is 11.8 Å². The first-order valence-electron chi connectivity index (χ1n) is 5.70. The highest BCUT2D eigenvalue weighted by Gasteiger charge is 2.17. The summed E-state index contributed by atoms with van der Waals surface area (Å²) in [7, 11) is 0. The van der Waals surface area contributed by atoms with Crippen LogP contribution in [-0.2, 0) is 16.0 Å². The molecule has 7 heteroatoms. The Balaban J connectivity index is 2.82. The lowest BCUT2D eigenvalue weighted by atomic mass is 10.1. The molecule has 0 N–H and O–H groups in total. The Morgan fingerprint density at radius 3 is 2.79 bits per heavy atom. The number of carbonyl (C=O) groups is 1. The minimum absolute atomic E-state index is 0.0661. The van der Waals surface area contributed by atoms with Crippen LogP contribution < -0.4 is 4.74 Å². The van der Waals surface area contributed by atoms with E-state index < -0.39 is 10.9 Å². The second-order valence-corrected chi connectivity index (χ2v) is 4.38. The first-order valence-corrected chi connectivity index (χ1v) is 6.82. The van der Waals surface area contributed by atoms with Crippen LogP contribution in [0.3, 0.4) is 0 Å². The quantitative estimate of drug-likeness (QED) is 0.332. The van der Waals surface area contributed by atoms with Crippen LogP contribution in [-0.4, -0.2) is 29.4 Å². The van der Waals surface area contributed by atoms with Crippen molar-refractivity contribution >= 4 is 27.6 Å². The summed E-state index contributed by atoms with van der Waals surface area (Å²) in [5.74, 6) is -0.488. The van der Waals surface area contributed by atoms with Gasteiger partial charge in [-0.15, -0.1) is 0 Å². The number of carbonyl (C=O) groups excluding carboxylic acids is 1. The third-order valence-corrected chi connectivity index (χ3v) is 2.65. The number of nitro groups is 1. The van der Waals surface area contributed by atoms with E-state index >= 15 is 0 Å². The van der Waals surface area contributed by atoms with Crippen molar-refractivity contribution in [3.05, 3.63) is 33.9 Å². The average molecular weight is 332 g/mol. The van der Waals surface area contributed by atoms with Crippen molar-refractivity contribution in [2.24, 2.45) is 0 Å². The van der Waals surface area contributed by atoms with E-state index in [1.54, 1.807) is 13.0 Å². The maximum absolute atomic E-state index is 11.1. The average Bonchev–Trinajstić information content (AvgIpc) is 2.37. The predicted octanol–water partition coefficient (Wildman–Crippen LogP) is 2.47. The number of ether oxygens (including phenoxy) is 2. The standard InChI is InChI=1S/C12H14BrNO5/c1-2-18-12(15)8-19-11-4-3-9(5-6-13)7-10(11)14(16)17/h3-4,7H,2,5-6,8H2,1H3. The maximum Gasteiger partial charge on any atom is 0.344 e. The van der Waals surface area contributed by atoms with Gasteiger partial charge >= 0.3 is 11.7 Å². The number of nitrogens with zero attached hydrogens (tertiary/aromatic N) is 1. The fourth-order valence-corrected chi connectivity index (χ4v) is 1.89. The van der Waals surface area contributed by atoms with E-state index in [4.69, 9.17) is 4.74 Å². The Labute approximate surface area is 119 Å². The lowest BCUT2D eigenvalue weighted by Gasteiger charge is -2.07. The summed E-state index contributed by atoms with van der Waals surface area (Å²) in [5, 5.41) is 11.7. The summed E-state index contributed by atoms with van der Waals surface area (Å²) in [4.78, 5) is 21.6. The Morgan fingerprint density at radius 2 is 2.21 bits per heavy atom. The van der Waals surface area contributed by atoms with E-state index in [1.807, 2.05) is 0 Å². The van der Waals surface area contributed by atoms with Gasteiger partial charge in [0.2, 0.25) is 0 Å². The topological polar surface area (TPSA) is 78.7 Å². The molecule has 0 aromatic heterocycles. The summed E-state index contributed by atoms with van der Waals surface area (Å²) in [6, 6.07) is 4.67. The van der Waals surface area contributed by atoms with Crippen molar-refractivity contribution < 1.29 is 19.2 Å². The summed E-state index contributed by atoms with van der Waals surface area (Å²) in [6.45, 7) is 1.58. The van der Waals surface area contributed by atoms with Crippen LogP contribution in [0.2, 0.25) is 0 Å². The number of hydrogen-bond donors (Lipinski definition) is 0. The second-order valence-electron chi connectivity index (χ2n) is 3.59. The second kappa shape index (κ2) is 7.73. The van der Waals surface area contributed by atoms with Crippen LogP contribution in [0.25, 0.3) is 0 Å². The molecule has 0 saturated heterocycles. The van der Waals surface area contributed by atoms with E-state index in [0.717, 1.165) is 5.56 Å². The molecule has 0 fully saturated rings. The molecule has 1 aromatic carbocycles. The van der Waals surface area contributed by atoms with Crippen molar-refractivity contribution in [2.75, 3.05) is 18.5 Å². The molecule has 0 radical (unpaired) electrons. The highest BCUT2D eigenvalue weighted by Crippen LogP contribution is 2.28. The van der Waals surface area contributed by atoms with Gasteiger partial charge in [-0.25, -0.2) is 4.79 Å². The molecule has 0 aliphatic rings. The van der Waals surface area contributed by atoms with E-state index in [9.17, 15) is 14.9 Å². The van der Waals surface area contributed by atoms with Gasteiger partial charge in [-0.1, -0.05) is 22.0 Å². The first kappa shape index (κ1) is 15.4. The molecule has 0 unspecified atom stereocenters. The summed E-state index contributed by atoms with van der Waals surface area (Å²) < 4.78 is 9.80. The Hall–Kier alpha value is -1.63. The summed E-state index contributed by atoms with van der Waals surface area (Å²) >= 11 is 3.27. The zero-order chi connectivity index (χ0) is 14.3. The number of hydrogen-bond acceptors (Lipinski definition) is 5. The van der Waals surface area contributed by atoms with Crippen molar-refractivity contribution in [1.82, 2.24) is 0 Å². The maximum atomic E-state index is 11.1. The Morgan fingerprint density at radius 1 is 1.47 bits per heavy atom. The van der Waals surface area contributed by atoms with Gasteiger partial charge in [0.1, 0.15) is 0 Å². The molecule has 0 atom stereocenters. The Bertz CT molecular complexity index is 463. The SMILES string of the molecule is CCOC(=O)COc1ccc(CCBr)cc1[N+](=O)[O-]. The van der Waals surface area contributed by atoms with E-state index in [1.165, 1.54) is 12.1 Å². The molecule has 1 rings (SSSR count). The first-order chi connectivity index (χ1) is 9.08. The molecular weight excluding hydrogens is 318 g/mol. The molecule has 6 nitrogen and oxygen atoms in total. The van der Waals surface area contributed by atoms with Gasteiger partial charge in [0.05, 0.1) is 11.5 Å². The normalized spacial score (nSPS) is 10.0. The monoisotopic (exact) mass is 331 g/mol. The van der Waals surface area contributed by atoms with Crippen LogP contribution >= 0.6 is 15.9 Å². The van der Waals surface area contributed by atoms with Crippen LogP contribution in [0.5, 0.6) is 5.75 Å². The summed E-state index contributed by atoms with van der Waals surface area (Å²) in [5.41, 5.74) is 0.676. The molecule has 0 spiro atoms. The van der Waals surface area contributed by atoms with Crippen molar-refractivity contribution in [3.63, 3.8) is 0 Å². The van der Waals surface area contributed by atoms with Gasteiger partial charge in [0, 0.05) is 11.4 Å². The smallest absolute Gasteiger partial charge is 0.344 e. The molecule has 104 valence electrons. The van der Waals surface area contributed by atoms with Gasteiger partial charge in [-0.2, -0.15) is 0 Å². The van der Waals surface area contributed by atoms with Gasteiger partial charge in [0.15, 0.2) is 12.4 Å². The number of benzene rings is 1. The summed E-state index contributed by atoms with van der Waals surface area (Å²) in [6.07, 6.45) is 0.680. The molecule has 0 amide bonds. The largest absolute Gasteiger partial charge is 0.475 e. The fourth-order valence-electron chi connectivity index (χ4n) is 1.43. The molecule has 0 aliphatic heterocycles. The third-order valence-electron chi connectivity index (χ3n) is 2.25. The highest BCUT2D eigenvalue weighted by molar-refractivity contribution is 9.09. The number of halogens is 1. The molecule has 0 aliphatic carbocycles. The van der Waals surface area contributed by atoms with Crippen LogP contribution in [0.15, 0.2) is 18.2 Å². The van der Waals surface area contributed by atoms with Gasteiger partial charge in [0.25, 0.3) is 0 Å². The van der Waals surface area contributed by atoms with Gasteiger partial charge < -0.3 is 9.47 Å². The molecule has 19 heavy (non-hydrogen) atoms. The minimum atomic E-state index is -0.554. The number of aryl methyl sites for hydroxylation is 1. The minimum Gasteiger partial charge on any atom is -0.475 e. The van der Waals surface area contributed by atoms with Crippen LogP contribution in [0.1, 0.15) is 12.5 Å². The molecule has 0 heterocycles. The highest BCUT2D eigenvalue weighted by atomic mass is 79.9. The number of rotatable bonds is 7. The molecular formula is C12H14BrNO5. The lowest BCUT2D eigenvalue weighted by molar-refractivity contribution is -0.385. The van der Waals surface area contributed by atoms with Crippen LogP contribution in [0, 0.1) is 10.1 Å². The van der Waals surface area contributed by atoms with Crippen molar-refractivity contribution in [1.29, 1.82) is 0 Å². The number of nitro benzene ring substituents is 1. The zero-order valence-corrected chi connectivity index (χ0v) is 12.0. The lowest BCUT2D eigenvalue weighted by Crippen LogP contribution is -2.15. The third kappa shape index (κ3) is 4.86. The van der Waals surface area contributed by atoms with Crippen molar-refractivity contribution in [3.8, 4) is 5.75 Å². The van der Waals surface area contributed by atoms with Crippen LogP contribution in [0.4, 0.5) is 5.69 Å². The molecule has 0 saturated carbocycles. The number of esters is 1. The van der Waals surface area contributed by atoms with E-state index in [-0.39, 0.29) is 24.7 Å². The molecule has 1 aromatic rings. The fraction of sp³-hybridized carbons (Fsp3) is 0.417. The van der Waals surface area contributed by atoms with Gasteiger partial charge in [-0.05, 0) is 25.0 Å². The van der Waals surface area contributed by atoms with Gasteiger partial charge in [-0.3, -0.25) is 10.1 Å².